The van der Waals surface area contributed by atoms with E-state index in [1.165, 1.54) is 0 Å². The zero-order valence-corrected chi connectivity index (χ0v) is 19.3. The molecule has 1 saturated heterocycles. The van der Waals surface area contributed by atoms with E-state index in [9.17, 15) is 14.7 Å². The highest BCUT2D eigenvalue weighted by Gasteiger charge is 2.20. The van der Waals surface area contributed by atoms with Gasteiger partial charge in [0, 0.05) is 67.5 Å². The van der Waals surface area contributed by atoms with Gasteiger partial charge in [-0.1, -0.05) is 6.07 Å². The number of aromatic amines is 1. The molecule has 2 aliphatic heterocycles. The molecule has 0 spiro atoms. The Morgan fingerprint density at radius 1 is 1.23 bits per heavy atom. The first-order chi connectivity index (χ1) is 17.0. The number of hydrazone groups is 1. The molecule has 0 bridgehead atoms. The Morgan fingerprint density at radius 3 is 2.83 bits per heavy atom. The van der Waals surface area contributed by atoms with Gasteiger partial charge in [0.1, 0.15) is 5.82 Å². The highest BCUT2D eigenvalue weighted by molar-refractivity contribution is 5.98. The van der Waals surface area contributed by atoms with Gasteiger partial charge in [0.2, 0.25) is 0 Å². The molecule has 35 heavy (non-hydrogen) atoms. The van der Waals surface area contributed by atoms with E-state index < -0.39 is 5.97 Å². The Bertz CT molecular complexity index is 1290. The SMILES string of the molecule is CN(/N=C/c1ccc(C(=O)O)cc1N1CCOCC1)c1cc(-c2cc3c([nH]2)CCNC3=O)ccn1. The van der Waals surface area contributed by atoms with E-state index in [1.54, 1.807) is 42.7 Å². The quantitative estimate of drug-likeness (QED) is 0.370. The average Bonchev–Trinajstić information content (AvgIpc) is 3.34. The Hall–Kier alpha value is -4.18. The lowest BCUT2D eigenvalue weighted by Gasteiger charge is -2.30. The predicted octanol–water partition coefficient (Wildman–Crippen LogP) is 2.37. The van der Waals surface area contributed by atoms with E-state index in [0.29, 0.717) is 44.2 Å². The second-order valence-corrected chi connectivity index (χ2v) is 8.43. The number of aromatic nitrogens is 2. The van der Waals surface area contributed by atoms with Gasteiger partial charge < -0.3 is 25.0 Å². The molecule has 2 aromatic heterocycles. The minimum Gasteiger partial charge on any atom is -0.478 e. The number of carboxylic acid groups (broad SMARTS) is 1. The minimum atomic E-state index is -0.968. The summed E-state index contributed by atoms with van der Waals surface area (Å²) in [4.78, 5) is 33.5. The molecule has 4 heterocycles. The number of benzene rings is 1. The van der Waals surface area contributed by atoms with E-state index in [2.05, 4.69) is 25.3 Å². The number of carbonyl (C=O) groups is 2. The number of ether oxygens (including phenoxy) is 1. The van der Waals surface area contributed by atoms with E-state index in [1.807, 2.05) is 18.2 Å². The fourth-order valence-electron chi connectivity index (χ4n) is 4.28. The van der Waals surface area contributed by atoms with Crippen LogP contribution in [0.4, 0.5) is 11.5 Å². The van der Waals surface area contributed by atoms with Gasteiger partial charge in [0.25, 0.3) is 5.91 Å². The smallest absolute Gasteiger partial charge is 0.335 e. The molecule has 3 N–H and O–H groups in total. The highest BCUT2D eigenvalue weighted by atomic mass is 16.5. The number of hydrogen-bond acceptors (Lipinski definition) is 7. The number of anilines is 2. The van der Waals surface area contributed by atoms with Crippen molar-refractivity contribution in [3.05, 3.63) is 65.0 Å². The van der Waals surface area contributed by atoms with E-state index in [0.717, 1.165) is 34.6 Å². The lowest BCUT2D eigenvalue weighted by Crippen LogP contribution is -2.37. The summed E-state index contributed by atoms with van der Waals surface area (Å²) < 4.78 is 5.44. The molecule has 0 unspecified atom stereocenters. The largest absolute Gasteiger partial charge is 0.478 e. The molecule has 0 atom stereocenters. The average molecular weight is 475 g/mol. The lowest BCUT2D eigenvalue weighted by atomic mass is 10.1. The van der Waals surface area contributed by atoms with Crippen molar-refractivity contribution in [2.75, 3.05) is 49.8 Å². The van der Waals surface area contributed by atoms with Crippen molar-refractivity contribution in [2.45, 2.75) is 6.42 Å². The number of rotatable bonds is 6. The molecule has 3 aromatic rings. The Kier molecular flexibility index (Phi) is 6.19. The summed E-state index contributed by atoms with van der Waals surface area (Å²) >= 11 is 0. The van der Waals surface area contributed by atoms with Crippen molar-refractivity contribution >= 4 is 29.6 Å². The standard InChI is InChI=1S/C25H26N6O4/c1-30(23-13-16(4-6-26-23)21-14-19-20(29-21)5-7-27-24(19)32)28-15-18-3-2-17(25(33)34)12-22(18)31-8-10-35-11-9-31/h2-4,6,12-15,29H,5,7-11H2,1H3,(H,27,32)(H,33,34)/b28-15+. The second-order valence-electron chi connectivity index (χ2n) is 8.43. The van der Waals surface area contributed by atoms with Gasteiger partial charge in [-0.3, -0.25) is 9.80 Å². The number of amides is 1. The molecule has 1 fully saturated rings. The van der Waals surface area contributed by atoms with Crippen LogP contribution in [-0.4, -0.2) is 73.1 Å². The molecule has 5 rings (SSSR count). The van der Waals surface area contributed by atoms with Crippen molar-refractivity contribution in [1.82, 2.24) is 15.3 Å². The van der Waals surface area contributed by atoms with Crippen LogP contribution in [0.5, 0.6) is 0 Å². The van der Waals surface area contributed by atoms with Gasteiger partial charge in [0.15, 0.2) is 0 Å². The van der Waals surface area contributed by atoms with Gasteiger partial charge in [-0.15, -0.1) is 0 Å². The highest BCUT2D eigenvalue weighted by Crippen LogP contribution is 2.27. The molecular weight excluding hydrogens is 448 g/mol. The third-order valence-electron chi connectivity index (χ3n) is 6.19. The van der Waals surface area contributed by atoms with Crippen LogP contribution in [0.1, 0.15) is 32.0 Å². The molecule has 180 valence electrons. The summed E-state index contributed by atoms with van der Waals surface area (Å²) in [7, 11) is 1.80. The van der Waals surface area contributed by atoms with Crippen LogP contribution in [0.25, 0.3) is 11.3 Å². The van der Waals surface area contributed by atoms with E-state index in [4.69, 9.17) is 4.74 Å². The van der Waals surface area contributed by atoms with Gasteiger partial charge in [-0.25, -0.2) is 9.78 Å². The minimum absolute atomic E-state index is 0.0604. The fourth-order valence-corrected chi connectivity index (χ4v) is 4.28. The molecule has 0 saturated carbocycles. The molecule has 10 heteroatoms. The van der Waals surface area contributed by atoms with Crippen molar-refractivity contribution in [1.29, 1.82) is 0 Å². The fraction of sp³-hybridized carbons (Fsp3) is 0.280. The summed E-state index contributed by atoms with van der Waals surface area (Å²) in [6, 6.07) is 10.7. The van der Waals surface area contributed by atoms with Gasteiger partial charge in [-0.05, 0) is 30.3 Å². The number of fused-ring (bicyclic) bond motifs is 1. The Balaban J connectivity index is 1.40. The van der Waals surface area contributed by atoms with Gasteiger partial charge in [0.05, 0.1) is 30.6 Å². The van der Waals surface area contributed by atoms with Crippen molar-refractivity contribution in [3.63, 3.8) is 0 Å². The van der Waals surface area contributed by atoms with Crippen molar-refractivity contribution in [2.24, 2.45) is 5.10 Å². The Morgan fingerprint density at radius 2 is 2.06 bits per heavy atom. The van der Waals surface area contributed by atoms with E-state index in [-0.39, 0.29) is 11.5 Å². The monoisotopic (exact) mass is 474 g/mol. The van der Waals surface area contributed by atoms with Crippen LogP contribution in [-0.2, 0) is 11.2 Å². The van der Waals surface area contributed by atoms with Gasteiger partial charge >= 0.3 is 5.97 Å². The maximum absolute atomic E-state index is 12.1. The first-order valence-electron chi connectivity index (χ1n) is 11.4. The zero-order chi connectivity index (χ0) is 24.4. The summed E-state index contributed by atoms with van der Waals surface area (Å²) in [5.41, 5.74) is 5.22. The first-order valence-corrected chi connectivity index (χ1v) is 11.4. The van der Waals surface area contributed by atoms with Crippen LogP contribution in [0.2, 0.25) is 0 Å². The number of nitrogens with one attached hydrogen (secondary N) is 2. The maximum atomic E-state index is 12.1. The third kappa shape index (κ3) is 4.73. The first kappa shape index (κ1) is 22.6. The molecule has 0 radical (unpaired) electrons. The van der Waals surface area contributed by atoms with E-state index >= 15 is 0 Å². The van der Waals surface area contributed by atoms with Crippen LogP contribution in [0.15, 0.2) is 47.7 Å². The number of carboxylic acids is 1. The topological polar surface area (TPSA) is 123 Å². The summed E-state index contributed by atoms with van der Waals surface area (Å²) in [5, 5.41) is 18.5. The maximum Gasteiger partial charge on any atom is 0.335 e. The molecule has 10 nitrogen and oxygen atoms in total. The number of morpholine rings is 1. The number of carbonyl (C=O) groups excluding carboxylic acids is 1. The number of nitrogens with zero attached hydrogens (tertiary/aromatic N) is 4. The molecule has 1 aromatic carbocycles. The summed E-state index contributed by atoms with van der Waals surface area (Å²) in [5.74, 6) is -0.398. The second kappa shape index (κ2) is 9.59. The van der Waals surface area contributed by atoms with Crippen LogP contribution < -0.4 is 15.2 Å². The molecule has 2 aliphatic rings. The number of pyridine rings is 1. The number of hydrogen-bond donors (Lipinski definition) is 3. The Labute approximate surface area is 202 Å². The summed E-state index contributed by atoms with van der Waals surface area (Å²) in [6.07, 6.45) is 4.19. The predicted molar refractivity (Wildman–Crippen MR) is 132 cm³/mol. The van der Waals surface area contributed by atoms with Crippen LogP contribution in [0, 0.1) is 0 Å². The van der Waals surface area contributed by atoms with Gasteiger partial charge in [-0.2, -0.15) is 5.10 Å². The third-order valence-corrected chi connectivity index (χ3v) is 6.19. The normalized spacial score (nSPS) is 15.7. The lowest BCUT2D eigenvalue weighted by molar-refractivity contribution is 0.0696. The number of aromatic carboxylic acids is 1. The molecular formula is C25H26N6O4. The summed E-state index contributed by atoms with van der Waals surface area (Å²) in [6.45, 7) is 3.18. The van der Waals surface area contributed by atoms with Crippen molar-refractivity contribution < 1.29 is 19.4 Å². The van der Waals surface area contributed by atoms with Crippen LogP contribution >= 0.6 is 0 Å². The van der Waals surface area contributed by atoms with Crippen LogP contribution in [0.3, 0.4) is 0 Å². The molecule has 1 amide bonds. The number of H-pyrrole nitrogens is 1. The molecule has 0 aliphatic carbocycles. The zero-order valence-electron chi connectivity index (χ0n) is 19.3. The van der Waals surface area contributed by atoms with Crippen molar-refractivity contribution in [3.8, 4) is 11.3 Å².